The van der Waals surface area contributed by atoms with Crippen molar-refractivity contribution >= 4 is 5.91 Å². The van der Waals surface area contributed by atoms with Gasteiger partial charge in [0.25, 0.3) is 0 Å². The van der Waals surface area contributed by atoms with Crippen LogP contribution in [0.25, 0.3) is 0 Å². The van der Waals surface area contributed by atoms with Crippen molar-refractivity contribution in [3.05, 3.63) is 35.4 Å². The number of benzene rings is 1. The van der Waals surface area contributed by atoms with E-state index >= 15 is 0 Å². The van der Waals surface area contributed by atoms with Gasteiger partial charge in [-0.25, -0.2) is 5.84 Å². The summed E-state index contributed by atoms with van der Waals surface area (Å²) in [5.41, 5.74) is 4.30. The molecule has 0 bridgehead atoms. The molecule has 19 heavy (non-hydrogen) atoms. The summed E-state index contributed by atoms with van der Waals surface area (Å²) in [6.45, 7) is 3.57. The zero-order valence-corrected chi connectivity index (χ0v) is 11.8. The quantitative estimate of drug-likeness (QED) is 0.432. The third kappa shape index (κ3) is 4.98. The Morgan fingerprint density at radius 1 is 1.42 bits per heavy atom. The van der Waals surface area contributed by atoms with Gasteiger partial charge in [-0.05, 0) is 25.1 Å². The van der Waals surface area contributed by atoms with Crippen LogP contribution in [0, 0.1) is 0 Å². The lowest BCUT2D eigenvalue weighted by atomic mass is 10.0. The summed E-state index contributed by atoms with van der Waals surface area (Å²) in [5, 5.41) is 0. The summed E-state index contributed by atoms with van der Waals surface area (Å²) in [6.07, 6.45) is 0.305. The number of nitrogens with two attached hydrogens (primary N) is 1. The summed E-state index contributed by atoms with van der Waals surface area (Å²) < 4.78 is 5.15. The van der Waals surface area contributed by atoms with E-state index in [1.807, 2.05) is 31.3 Å². The minimum absolute atomic E-state index is 0.181. The van der Waals surface area contributed by atoms with Crippen molar-refractivity contribution in [1.29, 1.82) is 0 Å². The van der Waals surface area contributed by atoms with Gasteiger partial charge in [0.15, 0.2) is 0 Å². The molecule has 3 N–H and O–H groups in total. The van der Waals surface area contributed by atoms with Gasteiger partial charge in [-0.15, -0.1) is 0 Å². The number of carbonyl (C=O) groups excluding carboxylic acids is 1. The van der Waals surface area contributed by atoms with E-state index in [0.717, 1.165) is 17.7 Å². The van der Waals surface area contributed by atoms with Crippen LogP contribution in [0.15, 0.2) is 24.3 Å². The summed E-state index contributed by atoms with van der Waals surface area (Å²) in [5.74, 6) is 4.95. The summed E-state index contributed by atoms with van der Waals surface area (Å²) in [6, 6.07) is 8.23. The van der Waals surface area contributed by atoms with Gasteiger partial charge in [-0.3, -0.25) is 15.1 Å². The van der Waals surface area contributed by atoms with Crippen molar-refractivity contribution in [3.63, 3.8) is 0 Å². The van der Waals surface area contributed by atoms with Gasteiger partial charge in [0.1, 0.15) is 0 Å². The number of likely N-dealkylation sites (N-methyl/N-ethyl adjacent to an activating group) is 1. The Morgan fingerprint density at radius 2 is 2.05 bits per heavy atom. The number of ether oxygens (including phenoxy) is 1. The van der Waals surface area contributed by atoms with Crippen LogP contribution in [0.1, 0.15) is 18.1 Å². The second-order valence-electron chi connectivity index (χ2n) is 4.73. The third-order valence-corrected chi connectivity index (χ3v) is 3.21. The van der Waals surface area contributed by atoms with Crippen molar-refractivity contribution < 1.29 is 9.53 Å². The minimum Gasteiger partial charge on any atom is -0.383 e. The number of rotatable bonds is 7. The van der Waals surface area contributed by atoms with E-state index in [1.54, 1.807) is 7.11 Å². The third-order valence-electron chi connectivity index (χ3n) is 3.21. The first-order valence-electron chi connectivity index (χ1n) is 6.33. The molecule has 0 fully saturated rings. The standard InChI is InChI=1S/C14H23N3O2/c1-11(10-19-3)17(2)9-13-7-5-4-6-12(13)8-14(18)16-15/h4-7,11H,8-10,15H2,1-3H3,(H,16,18). The van der Waals surface area contributed by atoms with Crippen molar-refractivity contribution in [1.82, 2.24) is 10.3 Å². The number of carbonyl (C=O) groups is 1. The topological polar surface area (TPSA) is 67.6 Å². The number of hydrogen-bond donors (Lipinski definition) is 2. The number of amides is 1. The van der Waals surface area contributed by atoms with Crippen molar-refractivity contribution in [3.8, 4) is 0 Å². The molecule has 0 aliphatic heterocycles. The highest BCUT2D eigenvalue weighted by atomic mass is 16.5. The van der Waals surface area contributed by atoms with Gasteiger partial charge >= 0.3 is 0 Å². The molecule has 0 saturated heterocycles. The number of nitrogens with one attached hydrogen (secondary N) is 1. The van der Waals surface area contributed by atoms with Crippen LogP contribution in [-0.4, -0.2) is 37.6 Å². The van der Waals surface area contributed by atoms with Gasteiger partial charge in [-0.1, -0.05) is 24.3 Å². The smallest absolute Gasteiger partial charge is 0.238 e. The Morgan fingerprint density at radius 3 is 2.63 bits per heavy atom. The fourth-order valence-corrected chi connectivity index (χ4v) is 1.90. The van der Waals surface area contributed by atoms with Gasteiger partial charge in [0.2, 0.25) is 5.91 Å². The highest BCUT2D eigenvalue weighted by molar-refractivity contribution is 5.78. The van der Waals surface area contributed by atoms with Gasteiger partial charge < -0.3 is 4.74 Å². The molecule has 5 nitrogen and oxygen atoms in total. The van der Waals surface area contributed by atoms with E-state index in [0.29, 0.717) is 19.1 Å². The van der Waals surface area contributed by atoms with E-state index < -0.39 is 0 Å². The monoisotopic (exact) mass is 265 g/mol. The second kappa shape index (κ2) is 7.89. The van der Waals surface area contributed by atoms with Crippen LogP contribution in [0.4, 0.5) is 0 Å². The van der Waals surface area contributed by atoms with E-state index in [1.165, 1.54) is 0 Å². The van der Waals surface area contributed by atoms with Gasteiger partial charge in [0.05, 0.1) is 13.0 Å². The van der Waals surface area contributed by atoms with Crippen LogP contribution < -0.4 is 11.3 Å². The molecule has 1 amide bonds. The Kier molecular flexibility index (Phi) is 6.49. The summed E-state index contributed by atoms with van der Waals surface area (Å²) >= 11 is 0. The molecule has 0 radical (unpaired) electrons. The van der Waals surface area contributed by atoms with E-state index in [2.05, 4.69) is 17.2 Å². The van der Waals surface area contributed by atoms with Crippen LogP contribution in [0.5, 0.6) is 0 Å². The molecule has 1 aromatic rings. The largest absolute Gasteiger partial charge is 0.383 e. The first-order chi connectivity index (χ1) is 9.08. The van der Waals surface area contributed by atoms with Crippen LogP contribution in [0.3, 0.4) is 0 Å². The lowest BCUT2D eigenvalue weighted by molar-refractivity contribution is -0.120. The average molecular weight is 265 g/mol. The Bertz CT molecular complexity index is 409. The lowest BCUT2D eigenvalue weighted by Crippen LogP contribution is -2.33. The number of nitrogens with zero attached hydrogens (tertiary/aromatic N) is 1. The fraction of sp³-hybridized carbons (Fsp3) is 0.500. The zero-order valence-electron chi connectivity index (χ0n) is 11.8. The molecule has 1 atom stereocenters. The van der Waals surface area contributed by atoms with Gasteiger partial charge in [-0.2, -0.15) is 0 Å². The number of hydrazine groups is 1. The second-order valence-corrected chi connectivity index (χ2v) is 4.73. The fourth-order valence-electron chi connectivity index (χ4n) is 1.90. The maximum Gasteiger partial charge on any atom is 0.238 e. The molecule has 1 unspecified atom stereocenters. The first kappa shape index (κ1) is 15.6. The first-order valence-corrected chi connectivity index (χ1v) is 6.33. The van der Waals surface area contributed by atoms with Crippen molar-refractivity contribution in [2.75, 3.05) is 20.8 Å². The Balaban J connectivity index is 2.74. The SMILES string of the molecule is COCC(C)N(C)Cc1ccccc1CC(=O)NN. The van der Waals surface area contributed by atoms with Crippen molar-refractivity contribution in [2.24, 2.45) is 5.84 Å². The maximum atomic E-state index is 11.4. The zero-order chi connectivity index (χ0) is 14.3. The van der Waals surface area contributed by atoms with E-state index in [4.69, 9.17) is 10.6 Å². The van der Waals surface area contributed by atoms with Crippen LogP contribution in [-0.2, 0) is 22.5 Å². The summed E-state index contributed by atoms with van der Waals surface area (Å²) in [7, 11) is 3.74. The van der Waals surface area contributed by atoms with Crippen LogP contribution in [0.2, 0.25) is 0 Å². The molecule has 0 heterocycles. The molecule has 0 spiro atoms. The minimum atomic E-state index is -0.181. The summed E-state index contributed by atoms with van der Waals surface area (Å²) in [4.78, 5) is 13.6. The molecular weight excluding hydrogens is 242 g/mol. The molecule has 1 rings (SSSR count). The highest BCUT2D eigenvalue weighted by Crippen LogP contribution is 2.13. The molecule has 1 aromatic carbocycles. The lowest BCUT2D eigenvalue weighted by Gasteiger charge is -2.25. The van der Waals surface area contributed by atoms with Crippen LogP contribution >= 0.6 is 0 Å². The van der Waals surface area contributed by atoms with Crippen molar-refractivity contribution in [2.45, 2.75) is 25.9 Å². The van der Waals surface area contributed by atoms with E-state index in [9.17, 15) is 4.79 Å². The molecule has 0 saturated carbocycles. The molecule has 106 valence electrons. The predicted molar refractivity (Wildman–Crippen MR) is 75.3 cm³/mol. The normalized spacial score (nSPS) is 12.5. The Hall–Kier alpha value is -1.43. The molecule has 0 aliphatic carbocycles. The molecule has 5 heteroatoms. The Labute approximate surface area is 114 Å². The van der Waals surface area contributed by atoms with Gasteiger partial charge in [0, 0.05) is 19.7 Å². The number of hydrogen-bond acceptors (Lipinski definition) is 4. The molecular formula is C14H23N3O2. The maximum absolute atomic E-state index is 11.4. The predicted octanol–water partition coefficient (Wildman–Crippen LogP) is 0.686. The molecule has 0 aromatic heterocycles. The average Bonchev–Trinajstić information content (AvgIpc) is 2.41. The number of methoxy groups -OCH3 is 1. The highest BCUT2D eigenvalue weighted by Gasteiger charge is 2.12. The van der Waals surface area contributed by atoms with E-state index in [-0.39, 0.29) is 5.91 Å². The molecule has 0 aliphatic rings.